The lowest BCUT2D eigenvalue weighted by Gasteiger charge is -2.24. The van der Waals surface area contributed by atoms with Crippen LogP contribution in [0.25, 0.3) is 0 Å². The molecule has 1 unspecified atom stereocenters. The third-order valence-electron chi connectivity index (χ3n) is 5.96. The van der Waals surface area contributed by atoms with Gasteiger partial charge in [0.05, 0.1) is 12.0 Å². The standard InChI is InChI=1S/C31H31NO2/c1-2-13-29(27-20-12-21-28(22-27)34-23-24-14-6-3-7-15-24)31(33)32-30(25-16-8-4-9-17-25)26-18-10-5-11-19-26/h3-12,14-22,29-30H,2,13,23H2,1H3,(H,32,33). The highest BCUT2D eigenvalue weighted by molar-refractivity contribution is 5.84. The van der Waals surface area contributed by atoms with Crippen LogP contribution in [0.3, 0.4) is 0 Å². The van der Waals surface area contributed by atoms with Gasteiger partial charge < -0.3 is 10.1 Å². The van der Waals surface area contributed by atoms with Crippen LogP contribution < -0.4 is 10.1 Å². The lowest BCUT2D eigenvalue weighted by Crippen LogP contribution is -2.33. The van der Waals surface area contributed by atoms with Crippen LogP contribution in [-0.2, 0) is 11.4 Å². The first kappa shape index (κ1) is 23.3. The summed E-state index contributed by atoms with van der Waals surface area (Å²) < 4.78 is 6.03. The van der Waals surface area contributed by atoms with Gasteiger partial charge in [-0.15, -0.1) is 0 Å². The molecule has 1 atom stereocenters. The van der Waals surface area contributed by atoms with Crippen molar-refractivity contribution in [2.45, 2.75) is 38.3 Å². The Kier molecular flexibility index (Phi) is 8.13. The summed E-state index contributed by atoms with van der Waals surface area (Å²) in [6, 6.07) is 38.1. The minimum Gasteiger partial charge on any atom is -0.489 e. The molecule has 0 heterocycles. The van der Waals surface area contributed by atoms with E-state index in [4.69, 9.17) is 4.74 Å². The summed E-state index contributed by atoms with van der Waals surface area (Å²) in [6.45, 7) is 2.61. The maximum atomic E-state index is 13.6. The molecule has 0 bridgehead atoms. The van der Waals surface area contributed by atoms with Gasteiger partial charge in [0.15, 0.2) is 0 Å². The Balaban J connectivity index is 1.54. The van der Waals surface area contributed by atoms with Crippen LogP contribution in [0.1, 0.15) is 54.0 Å². The molecular formula is C31H31NO2. The molecule has 1 N–H and O–H groups in total. The summed E-state index contributed by atoms with van der Waals surface area (Å²) >= 11 is 0. The average molecular weight is 450 g/mol. The number of amides is 1. The van der Waals surface area contributed by atoms with Gasteiger partial charge in [0.1, 0.15) is 12.4 Å². The Hall–Kier alpha value is -3.85. The highest BCUT2D eigenvalue weighted by atomic mass is 16.5. The van der Waals surface area contributed by atoms with Gasteiger partial charge >= 0.3 is 0 Å². The topological polar surface area (TPSA) is 38.3 Å². The minimum atomic E-state index is -0.250. The van der Waals surface area contributed by atoms with E-state index in [0.717, 1.165) is 40.8 Å². The lowest BCUT2D eigenvalue weighted by atomic mass is 9.91. The van der Waals surface area contributed by atoms with Crippen LogP contribution in [0.5, 0.6) is 5.75 Å². The van der Waals surface area contributed by atoms with Crippen LogP contribution in [-0.4, -0.2) is 5.91 Å². The van der Waals surface area contributed by atoms with Crippen LogP contribution in [0.2, 0.25) is 0 Å². The predicted molar refractivity (Wildman–Crippen MR) is 138 cm³/mol. The molecule has 0 saturated heterocycles. The second kappa shape index (κ2) is 11.9. The van der Waals surface area contributed by atoms with Crippen molar-refractivity contribution in [3.05, 3.63) is 138 Å². The van der Waals surface area contributed by atoms with E-state index >= 15 is 0 Å². The van der Waals surface area contributed by atoms with Crippen molar-refractivity contribution in [3.63, 3.8) is 0 Å². The molecule has 34 heavy (non-hydrogen) atoms. The van der Waals surface area contributed by atoms with Gasteiger partial charge in [0.2, 0.25) is 5.91 Å². The maximum Gasteiger partial charge on any atom is 0.228 e. The molecule has 0 spiro atoms. The highest BCUT2D eigenvalue weighted by Crippen LogP contribution is 2.28. The number of benzene rings is 4. The molecule has 0 aliphatic carbocycles. The van der Waals surface area contributed by atoms with E-state index in [0.29, 0.717) is 6.61 Å². The number of hydrogen-bond acceptors (Lipinski definition) is 2. The number of hydrogen-bond donors (Lipinski definition) is 1. The largest absolute Gasteiger partial charge is 0.489 e. The van der Waals surface area contributed by atoms with E-state index in [9.17, 15) is 4.79 Å². The van der Waals surface area contributed by atoms with E-state index in [2.05, 4.69) is 36.5 Å². The zero-order valence-electron chi connectivity index (χ0n) is 19.6. The Morgan fingerprint density at radius 1 is 0.735 bits per heavy atom. The van der Waals surface area contributed by atoms with Crippen LogP contribution in [0.15, 0.2) is 115 Å². The molecule has 3 nitrogen and oxygen atoms in total. The fourth-order valence-corrected chi connectivity index (χ4v) is 4.19. The fraction of sp³-hybridized carbons (Fsp3) is 0.194. The maximum absolute atomic E-state index is 13.6. The second-order valence-electron chi connectivity index (χ2n) is 8.45. The van der Waals surface area contributed by atoms with Crippen molar-refractivity contribution in [3.8, 4) is 5.75 Å². The van der Waals surface area contributed by atoms with Crippen molar-refractivity contribution in [2.24, 2.45) is 0 Å². The Morgan fingerprint density at radius 3 is 1.88 bits per heavy atom. The van der Waals surface area contributed by atoms with Gasteiger partial charge in [-0.1, -0.05) is 116 Å². The first-order chi connectivity index (χ1) is 16.7. The molecule has 4 rings (SSSR count). The molecule has 0 aromatic heterocycles. The Morgan fingerprint density at radius 2 is 1.29 bits per heavy atom. The summed E-state index contributed by atoms with van der Waals surface area (Å²) in [5.41, 5.74) is 4.23. The highest BCUT2D eigenvalue weighted by Gasteiger charge is 2.24. The Bertz CT molecular complexity index is 1120. The molecule has 4 aromatic rings. The van der Waals surface area contributed by atoms with Crippen molar-refractivity contribution < 1.29 is 9.53 Å². The molecule has 0 radical (unpaired) electrons. The van der Waals surface area contributed by atoms with E-state index in [1.165, 1.54) is 0 Å². The van der Waals surface area contributed by atoms with Gasteiger partial charge in [0.25, 0.3) is 0 Å². The summed E-state index contributed by atoms with van der Waals surface area (Å²) in [5, 5.41) is 3.33. The molecule has 0 aliphatic heterocycles. The normalized spacial score (nSPS) is 11.7. The number of ether oxygens (including phenoxy) is 1. The SMILES string of the molecule is CCCC(C(=O)NC(c1ccccc1)c1ccccc1)c1cccc(OCc2ccccc2)c1. The number of carbonyl (C=O) groups is 1. The lowest BCUT2D eigenvalue weighted by molar-refractivity contribution is -0.123. The summed E-state index contributed by atoms with van der Waals surface area (Å²) in [4.78, 5) is 13.6. The molecule has 3 heteroatoms. The smallest absolute Gasteiger partial charge is 0.228 e. The van der Waals surface area contributed by atoms with E-state index < -0.39 is 0 Å². The van der Waals surface area contributed by atoms with Crippen molar-refractivity contribution in [2.75, 3.05) is 0 Å². The summed E-state index contributed by atoms with van der Waals surface area (Å²) in [6.07, 6.45) is 1.68. The van der Waals surface area contributed by atoms with E-state index in [1.54, 1.807) is 0 Å². The number of rotatable bonds is 10. The minimum absolute atomic E-state index is 0.0276. The van der Waals surface area contributed by atoms with Gasteiger partial charge in [-0.05, 0) is 40.8 Å². The molecule has 4 aromatic carbocycles. The van der Waals surface area contributed by atoms with Gasteiger partial charge in [-0.2, -0.15) is 0 Å². The second-order valence-corrected chi connectivity index (χ2v) is 8.45. The summed E-state index contributed by atoms with van der Waals surface area (Å²) in [7, 11) is 0. The molecule has 172 valence electrons. The molecule has 1 amide bonds. The van der Waals surface area contributed by atoms with Gasteiger partial charge in [0, 0.05) is 0 Å². The monoisotopic (exact) mass is 449 g/mol. The van der Waals surface area contributed by atoms with Gasteiger partial charge in [-0.3, -0.25) is 4.79 Å². The van der Waals surface area contributed by atoms with E-state index in [1.807, 2.05) is 91.0 Å². The molecular weight excluding hydrogens is 418 g/mol. The molecule has 0 fully saturated rings. The zero-order chi connectivity index (χ0) is 23.6. The van der Waals surface area contributed by atoms with Gasteiger partial charge in [-0.25, -0.2) is 0 Å². The van der Waals surface area contributed by atoms with Crippen LogP contribution in [0.4, 0.5) is 0 Å². The van der Waals surface area contributed by atoms with E-state index in [-0.39, 0.29) is 17.9 Å². The summed E-state index contributed by atoms with van der Waals surface area (Å²) in [5.74, 6) is 0.554. The first-order valence-electron chi connectivity index (χ1n) is 11.9. The average Bonchev–Trinajstić information content (AvgIpc) is 2.91. The quantitative estimate of drug-likeness (QED) is 0.282. The number of carbonyl (C=O) groups excluding carboxylic acids is 1. The van der Waals surface area contributed by atoms with Crippen LogP contribution >= 0.6 is 0 Å². The van der Waals surface area contributed by atoms with Crippen molar-refractivity contribution in [1.29, 1.82) is 0 Å². The zero-order valence-corrected chi connectivity index (χ0v) is 19.6. The fourth-order valence-electron chi connectivity index (χ4n) is 4.19. The van der Waals surface area contributed by atoms with Crippen LogP contribution in [0, 0.1) is 0 Å². The predicted octanol–water partition coefficient (Wildman–Crippen LogP) is 7.06. The molecule has 0 saturated carbocycles. The first-order valence-corrected chi connectivity index (χ1v) is 11.9. The molecule has 0 aliphatic rings. The number of nitrogens with one attached hydrogen (secondary N) is 1. The third kappa shape index (κ3) is 6.14. The van der Waals surface area contributed by atoms with Crippen molar-refractivity contribution in [1.82, 2.24) is 5.32 Å². The third-order valence-corrected chi connectivity index (χ3v) is 5.96. The van der Waals surface area contributed by atoms with Crippen molar-refractivity contribution >= 4 is 5.91 Å². The Labute approximate surface area is 202 Å².